The Kier molecular flexibility index (Phi) is 6.11. The lowest BCUT2D eigenvalue weighted by Crippen LogP contribution is -2.51. The Hall–Kier alpha value is -3.49. The fourth-order valence-electron chi connectivity index (χ4n) is 3.98. The van der Waals surface area contributed by atoms with Gasteiger partial charge in [-0.2, -0.15) is 0 Å². The zero-order chi connectivity index (χ0) is 21.8. The van der Waals surface area contributed by atoms with Crippen molar-refractivity contribution in [2.24, 2.45) is 0 Å². The van der Waals surface area contributed by atoms with Crippen LogP contribution in [0.3, 0.4) is 0 Å². The molecular weight excluding hydrogens is 400 g/mol. The molecule has 3 heterocycles. The highest BCUT2D eigenvalue weighted by Gasteiger charge is 2.27. The number of hydrogen-bond donors (Lipinski definition) is 1. The molecule has 0 atom stereocenters. The van der Waals surface area contributed by atoms with Crippen molar-refractivity contribution in [3.63, 3.8) is 0 Å². The van der Waals surface area contributed by atoms with E-state index in [1.165, 1.54) is 13.4 Å². The predicted octanol–water partition coefficient (Wildman–Crippen LogP) is 2.66. The van der Waals surface area contributed by atoms with Crippen LogP contribution in [0, 0.1) is 0 Å². The number of nitrogens with zero attached hydrogens (tertiary/aromatic N) is 3. The Morgan fingerprint density at radius 3 is 2.32 bits per heavy atom. The summed E-state index contributed by atoms with van der Waals surface area (Å²) in [5, 5.41) is 2.96. The van der Waals surface area contributed by atoms with E-state index in [2.05, 4.69) is 10.2 Å². The van der Waals surface area contributed by atoms with Crippen molar-refractivity contribution in [3.05, 3.63) is 47.9 Å². The van der Waals surface area contributed by atoms with E-state index in [4.69, 9.17) is 9.15 Å². The van der Waals surface area contributed by atoms with Gasteiger partial charge in [-0.15, -0.1) is 0 Å². The molecule has 0 bridgehead atoms. The summed E-state index contributed by atoms with van der Waals surface area (Å²) < 4.78 is 10.00. The van der Waals surface area contributed by atoms with Gasteiger partial charge in [-0.1, -0.05) is 0 Å². The number of methoxy groups -OCH3 is 1. The number of piperazine rings is 1. The smallest absolute Gasteiger partial charge is 0.337 e. The molecule has 2 aliphatic rings. The van der Waals surface area contributed by atoms with Crippen LogP contribution < -0.4 is 10.2 Å². The summed E-state index contributed by atoms with van der Waals surface area (Å²) in [5.74, 6) is -0.325. The number of ether oxygens (including phenoxy) is 1. The number of carbonyl (C=O) groups excluding carboxylic acids is 3. The molecule has 0 radical (unpaired) electrons. The van der Waals surface area contributed by atoms with Crippen molar-refractivity contribution in [2.45, 2.75) is 12.8 Å². The number of amides is 3. The average Bonchev–Trinajstić information content (AvgIpc) is 3.52. The minimum absolute atomic E-state index is 0.174. The van der Waals surface area contributed by atoms with Crippen molar-refractivity contribution in [1.29, 1.82) is 0 Å². The average molecular weight is 426 g/mol. The van der Waals surface area contributed by atoms with Crippen LogP contribution in [0.1, 0.15) is 33.8 Å². The van der Waals surface area contributed by atoms with Gasteiger partial charge >= 0.3 is 12.0 Å². The second-order valence-electron chi connectivity index (χ2n) is 7.60. The monoisotopic (exact) mass is 426 g/mol. The lowest BCUT2D eigenvalue weighted by atomic mass is 10.1. The maximum absolute atomic E-state index is 12.9. The van der Waals surface area contributed by atoms with E-state index in [0.717, 1.165) is 31.6 Å². The molecule has 1 aromatic carbocycles. The maximum atomic E-state index is 12.9. The maximum Gasteiger partial charge on any atom is 0.337 e. The molecular formula is C22H26N4O5. The van der Waals surface area contributed by atoms with E-state index < -0.39 is 5.97 Å². The van der Waals surface area contributed by atoms with Crippen molar-refractivity contribution in [3.8, 4) is 0 Å². The van der Waals surface area contributed by atoms with Crippen LogP contribution in [0.25, 0.3) is 0 Å². The summed E-state index contributed by atoms with van der Waals surface area (Å²) in [5.41, 5.74) is 1.86. The van der Waals surface area contributed by atoms with E-state index in [0.29, 0.717) is 43.2 Å². The van der Waals surface area contributed by atoms with Gasteiger partial charge in [-0.3, -0.25) is 4.79 Å². The third-order valence-electron chi connectivity index (χ3n) is 5.69. The van der Waals surface area contributed by atoms with Crippen LogP contribution in [0.15, 0.2) is 41.0 Å². The molecule has 9 heteroatoms. The molecule has 0 aliphatic carbocycles. The van der Waals surface area contributed by atoms with Crippen molar-refractivity contribution < 1.29 is 23.5 Å². The van der Waals surface area contributed by atoms with Gasteiger partial charge in [0.05, 0.1) is 30.3 Å². The van der Waals surface area contributed by atoms with Gasteiger partial charge in [0.15, 0.2) is 5.76 Å². The summed E-state index contributed by atoms with van der Waals surface area (Å²) in [6, 6.07) is 8.29. The number of furan rings is 1. The summed E-state index contributed by atoms with van der Waals surface area (Å²) in [6.45, 7) is 3.49. The molecule has 2 saturated heterocycles. The van der Waals surface area contributed by atoms with Crippen LogP contribution in [0.2, 0.25) is 0 Å². The molecule has 2 fully saturated rings. The van der Waals surface area contributed by atoms with Gasteiger partial charge in [-0.25, -0.2) is 9.59 Å². The minimum atomic E-state index is -0.450. The quantitative estimate of drug-likeness (QED) is 0.756. The number of carbonyl (C=O) groups is 3. The lowest BCUT2D eigenvalue weighted by Gasteiger charge is -2.34. The van der Waals surface area contributed by atoms with Gasteiger partial charge in [0.25, 0.3) is 5.91 Å². The molecule has 9 nitrogen and oxygen atoms in total. The van der Waals surface area contributed by atoms with Gasteiger partial charge in [0.1, 0.15) is 0 Å². The van der Waals surface area contributed by atoms with E-state index >= 15 is 0 Å². The fourth-order valence-corrected chi connectivity index (χ4v) is 3.98. The molecule has 0 spiro atoms. The first kappa shape index (κ1) is 20.8. The van der Waals surface area contributed by atoms with Crippen LogP contribution in [-0.4, -0.2) is 74.1 Å². The van der Waals surface area contributed by atoms with Gasteiger partial charge in [0.2, 0.25) is 0 Å². The first-order valence-electron chi connectivity index (χ1n) is 10.4. The van der Waals surface area contributed by atoms with Crippen LogP contribution >= 0.6 is 0 Å². The highest BCUT2D eigenvalue weighted by atomic mass is 16.5. The number of esters is 1. The van der Waals surface area contributed by atoms with Crippen LogP contribution in [-0.2, 0) is 4.74 Å². The fraction of sp³-hybridized carbons (Fsp3) is 0.409. The molecule has 0 saturated carbocycles. The number of rotatable bonds is 4. The van der Waals surface area contributed by atoms with Crippen molar-refractivity contribution >= 4 is 29.3 Å². The molecule has 164 valence electrons. The van der Waals surface area contributed by atoms with Crippen molar-refractivity contribution in [1.82, 2.24) is 9.80 Å². The van der Waals surface area contributed by atoms with Crippen molar-refractivity contribution in [2.75, 3.05) is 56.6 Å². The number of hydrogen-bond acceptors (Lipinski definition) is 6. The predicted molar refractivity (Wildman–Crippen MR) is 114 cm³/mol. The molecule has 1 aromatic heterocycles. The SMILES string of the molecule is COC(=O)c1ccc(N2CCCC2)c(NC(=O)N2CCN(C(=O)c3ccco3)CC2)c1. The second kappa shape index (κ2) is 9.11. The molecule has 2 aliphatic heterocycles. The highest BCUT2D eigenvalue weighted by Crippen LogP contribution is 2.30. The zero-order valence-corrected chi connectivity index (χ0v) is 17.5. The molecule has 3 amide bonds. The number of anilines is 2. The number of urea groups is 1. The molecule has 31 heavy (non-hydrogen) atoms. The highest BCUT2D eigenvalue weighted by molar-refractivity contribution is 5.98. The second-order valence-corrected chi connectivity index (χ2v) is 7.60. The first-order valence-corrected chi connectivity index (χ1v) is 10.4. The van der Waals surface area contributed by atoms with Gasteiger partial charge < -0.3 is 29.2 Å². The number of nitrogens with one attached hydrogen (secondary N) is 1. The van der Waals surface area contributed by atoms with Crippen LogP contribution in [0.5, 0.6) is 0 Å². The Morgan fingerprint density at radius 2 is 1.68 bits per heavy atom. The normalized spacial score (nSPS) is 16.4. The van der Waals surface area contributed by atoms with E-state index in [-0.39, 0.29) is 11.9 Å². The van der Waals surface area contributed by atoms with E-state index in [9.17, 15) is 14.4 Å². The Morgan fingerprint density at radius 1 is 0.968 bits per heavy atom. The topological polar surface area (TPSA) is 95.3 Å². The first-order chi connectivity index (χ1) is 15.1. The van der Waals surface area contributed by atoms with E-state index in [1.807, 2.05) is 6.07 Å². The Labute approximate surface area is 180 Å². The Balaban J connectivity index is 1.44. The molecule has 0 unspecified atom stereocenters. The van der Waals surface area contributed by atoms with Crippen LogP contribution in [0.4, 0.5) is 16.2 Å². The largest absolute Gasteiger partial charge is 0.465 e. The molecule has 1 N–H and O–H groups in total. The molecule has 2 aromatic rings. The summed E-state index contributed by atoms with van der Waals surface area (Å²) >= 11 is 0. The summed E-state index contributed by atoms with van der Waals surface area (Å²) in [4.78, 5) is 42.9. The summed E-state index contributed by atoms with van der Waals surface area (Å²) in [6.07, 6.45) is 3.66. The van der Waals surface area contributed by atoms with Gasteiger partial charge in [0, 0.05) is 39.3 Å². The van der Waals surface area contributed by atoms with Gasteiger partial charge in [-0.05, 0) is 43.2 Å². The third-order valence-corrected chi connectivity index (χ3v) is 5.69. The summed E-state index contributed by atoms with van der Waals surface area (Å²) in [7, 11) is 1.33. The Bertz CT molecular complexity index is 945. The standard InChI is InChI=1S/C22H26N4O5/c1-30-21(28)16-6-7-18(24-8-2-3-9-24)17(15-16)23-22(29)26-12-10-25(11-13-26)20(27)19-5-4-14-31-19/h4-7,14-15H,2-3,8-13H2,1H3,(H,23,29). The van der Waals surface area contributed by atoms with E-state index in [1.54, 1.807) is 34.1 Å². The lowest BCUT2D eigenvalue weighted by molar-refractivity contribution is 0.0600. The zero-order valence-electron chi connectivity index (χ0n) is 17.5. The third kappa shape index (κ3) is 4.50. The minimum Gasteiger partial charge on any atom is -0.465 e. The molecule has 4 rings (SSSR count). The number of benzene rings is 1.